The summed E-state index contributed by atoms with van der Waals surface area (Å²) in [5, 5.41) is 11.5. The van der Waals surface area contributed by atoms with Crippen LogP contribution < -0.4 is 5.32 Å². The van der Waals surface area contributed by atoms with Crippen LogP contribution in [0.4, 0.5) is 5.69 Å². The van der Waals surface area contributed by atoms with E-state index in [0.717, 1.165) is 24.1 Å². The van der Waals surface area contributed by atoms with Crippen molar-refractivity contribution in [3.63, 3.8) is 0 Å². The van der Waals surface area contributed by atoms with Crippen molar-refractivity contribution in [1.82, 2.24) is 0 Å². The van der Waals surface area contributed by atoms with Gasteiger partial charge in [0.1, 0.15) is 0 Å². The van der Waals surface area contributed by atoms with E-state index >= 15 is 0 Å². The number of carboxylic acid groups (broad SMARTS) is 1. The van der Waals surface area contributed by atoms with Gasteiger partial charge in [-0.2, -0.15) is 0 Å². The standard InChI is InChI=1S/C16H23NO3/c1-3-5-12(2)10-15(18)17-14-7-4-6-13(11-14)8-9-16(19)20/h4,6-7,11-12H,3,5,8-10H2,1-2H3,(H,17,18)(H,19,20). The maximum absolute atomic E-state index is 11.9. The quantitative estimate of drug-likeness (QED) is 0.764. The molecule has 1 unspecified atom stereocenters. The van der Waals surface area contributed by atoms with E-state index in [2.05, 4.69) is 19.2 Å². The highest BCUT2D eigenvalue weighted by Crippen LogP contribution is 2.15. The third kappa shape index (κ3) is 6.36. The van der Waals surface area contributed by atoms with Gasteiger partial charge in [-0.15, -0.1) is 0 Å². The van der Waals surface area contributed by atoms with Crippen LogP contribution in [0.15, 0.2) is 24.3 Å². The Morgan fingerprint density at radius 1 is 1.35 bits per heavy atom. The lowest BCUT2D eigenvalue weighted by Gasteiger charge is -2.11. The molecule has 2 N–H and O–H groups in total. The summed E-state index contributed by atoms with van der Waals surface area (Å²) in [7, 11) is 0. The fourth-order valence-corrected chi connectivity index (χ4v) is 2.18. The third-order valence-electron chi connectivity index (χ3n) is 3.15. The minimum absolute atomic E-state index is 0.0151. The fourth-order valence-electron chi connectivity index (χ4n) is 2.18. The summed E-state index contributed by atoms with van der Waals surface area (Å²) < 4.78 is 0. The van der Waals surface area contributed by atoms with Crippen molar-refractivity contribution in [2.24, 2.45) is 5.92 Å². The summed E-state index contributed by atoms with van der Waals surface area (Å²) in [6.07, 6.45) is 3.23. The third-order valence-corrected chi connectivity index (χ3v) is 3.15. The number of amides is 1. The lowest BCUT2D eigenvalue weighted by atomic mass is 10.0. The Kier molecular flexibility index (Phi) is 6.77. The van der Waals surface area contributed by atoms with E-state index in [-0.39, 0.29) is 12.3 Å². The summed E-state index contributed by atoms with van der Waals surface area (Å²) in [5.74, 6) is -0.413. The molecule has 0 spiro atoms. The molecule has 1 amide bonds. The van der Waals surface area contributed by atoms with Crippen molar-refractivity contribution in [3.05, 3.63) is 29.8 Å². The molecule has 0 fully saturated rings. The van der Waals surface area contributed by atoms with Gasteiger partial charge in [-0.3, -0.25) is 9.59 Å². The van der Waals surface area contributed by atoms with Gasteiger partial charge in [0.05, 0.1) is 0 Å². The smallest absolute Gasteiger partial charge is 0.303 e. The first kappa shape index (κ1) is 16.2. The van der Waals surface area contributed by atoms with Crippen LogP contribution in [0.25, 0.3) is 0 Å². The lowest BCUT2D eigenvalue weighted by molar-refractivity contribution is -0.137. The molecule has 1 aromatic rings. The van der Waals surface area contributed by atoms with E-state index < -0.39 is 5.97 Å². The monoisotopic (exact) mass is 277 g/mol. The number of carboxylic acids is 1. The molecule has 1 rings (SSSR count). The van der Waals surface area contributed by atoms with Crippen LogP contribution in [0.3, 0.4) is 0 Å². The molecule has 110 valence electrons. The van der Waals surface area contributed by atoms with Gasteiger partial charge >= 0.3 is 5.97 Å². The average Bonchev–Trinajstić information content (AvgIpc) is 2.36. The Bertz CT molecular complexity index is 457. The predicted octanol–water partition coefficient (Wildman–Crippen LogP) is 3.47. The van der Waals surface area contributed by atoms with Crippen molar-refractivity contribution in [3.8, 4) is 0 Å². The van der Waals surface area contributed by atoms with Gasteiger partial charge in [0.15, 0.2) is 0 Å². The van der Waals surface area contributed by atoms with Crippen LogP contribution in [0.1, 0.15) is 45.1 Å². The highest BCUT2D eigenvalue weighted by Gasteiger charge is 2.09. The van der Waals surface area contributed by atoms with E-state index in [1.165, 1.54) is 0 Å². The van der Waals surface area contributed by atoms with Gasteiger partial charge in [0.25, 0.3) is 0 Å². The molecule has 0 bridgehead atoms. The molecule has 0 aromatic heterocycles. The van der Waals surface area contributed by atoms with Crippen molar-refractivity contribution in [2.75, 3.05) is 5.32 Å². The first-order valence-corrected chi connectivity index (χ1v) is 7.11. The number of rotatable bonds is 8. The van der Waals surface area contributed by atoms with Crippen LogP contribution in [0.2, 0.25) is 0 Å². The van der Waals surface area contributed by atoms with E-state index in [1.807, 2.05) is 24.3 Å². The molecule has 1 aromatic carbocycles. The van der Waals surface area contributed by atoms with Crippen LogP contribution >= 0.6 is 0 Å². The van der Waals surface area contributed by atoms with Crippen LogP contribution in [0.5, 0.6) is 0 Å². The second-order valence-corrected chi connectivity index (χ2v) is 5.24. The molecule has 4 heteroatoms. The number of hydrogen-bond acceptors (Lipinski definition) is 2. The Morgan fingerprint density at radius 2 is 2.10 bits per heavy atom. The van der Waals surface area contributed by atoms with E-state index in [4.69, 9.17) is 5.11 Å². The summed E-state index contributed by atoms with van der Waals surface area (Å²) in [5.41, 5.74) is 1.66. The Hall–Kier alpha value is -1.84. The molecule has 0 heterocycles. The largest absolute Gasteiger partial charge is 0.481 e. The maximum Gasteiger partial charge on any atom is 0.303 e. The Labute approximate surface area is 120 Å². The van der Waals surface area contributed by atoms with Gasteiger partial charge in [-0.25, -0.2) is 0 Å². The zero-order chi connectivity index (χ0) is 15.0. The van der Waals surface area contributed by atoms with Gasteiger partial charge in [-0.05, 0) is 30.0 Å². The Morgan fingerprint density at radius 3 is 2.75 bits per heavy atom. The number of nitrogens with one attached hydrogen (secondary N) is 1. The normalized spacial score (nSPS) is 11.9. The molecule has 0 aliphatic carbocycles. The van der Waals surface area contributed by atoms with E-state index in [1.54, 1.807) is 0 Å². The van der Waals surface area contributed by atoms with Gasteiger partial charge in [0.2, 0.25) is 5.91 Å². The predicted molar refractivity (Wildman–Crippen MR) is 79.7 cm³/mol. The van der Waals surface area contributed by atoms with Crippen molar-refractivity contribution in [1.29, 1.82) is 0 Å². The molecular formula is C16H23NO3. The number of hydrogen-bond donors (Lipinski definition) is 2. The molecule has 0 aliphatic heterocycles. The molecule has 0 saturated carbocycles. The fraction of sp³-hybridized carbons (Fsp3) is 0.500. The van der Waals surface area contributed by atoms with Crippen molar-refractivity contribution in [2.45, 2.75) is 46.0 Å². The Balaban J connectivity index is 2.52. The number of carbonyl (C=O) groups is 2. The molecule has 20 heavy (non-hydrogen) atoms. The summed E-state index contributed by atoms with van der Waals surface area (Å²) in [6, 6.07) is 7.37. The number of carbonyl (C=O) groups excluding carboxylic acids is 1. The zero-order valence-electron chi connectivity index (χ0n) is 12.2. The first-order valence-electron chi connectivity index (χ1n) is 7.11. The van der Waals surface area contributed by atoms with Crippen molar-refractivity contribution >= 4 is 17.6 Å². The topological polar surface area (TPSA) is 66.4 Å². The van der Waals surface area contributed by atoms with Crippen LogP contribution in [-0.2, 0) is 16.0 Å². The lowest BCUT2D eigenvalue weighted by Crippen LogP contribution is -2.15. The summed E-state index contributed by atoms with van der Waals surface area (Å²) >= 11 is 0. The second kappa shape index (κ2) is 8.35. The highest BCUT2D eigenvalue weighted by atomic mass is 16.4. The van der Waals surface area contributed by atoms with E-state index in [9.17, 15) is 9.59 Å². The molecule has 1 atom stereocenters. The van der Waals surface area contributed by atoms with Crippen LogP contribution in [0, 0.1) is 5.92 Å². The minimum atomic E-state index is -0.812. The molecule has 4 nitrogen and oxygen atoms in total. The van der Waals surface area contributed by atoms with Gasteiger partial charge in [-0.1, -0.05) is 38.8 Å². The zero-order valence-corrected chi connectivity index (χ0v) is 12.2. The van der Waals surface area contributed by atoms with Crippen molar-refractivity contribution < 1.29 is 14.7 Å². The molecule has 0 aliphatic rings. The minimum Gasteiger partial charge on any atom is -0.481 e. The van der Waals surface area contributed by atoms with Crippen LogP contribution in [-0.4, -0.2) is 17.0 Å². The molecular weight excluding hydrogens is 254 g/mol. The second-order valence-electron chi connectivity index (χ2n) is 5.24. The summed E-state index contributed by atoms with van der Waals surface area (Å²) in [4.78, 5) is 22.4. The average molecular weight is 277 g/mol. The maximum atomic E-state index is 11.9. The number of anilines is 1. The molecule has 0 saturated heterocycles. The highest BCUT2D eigenvalue weighted by molar-refractivity contribution is 5.90. The number of aryl methyl sites for hydroxylation is 1. The van der Waals surface area contributed by atoms with E-state index in [0.29, 0.717) is 18.8 Å². The molecule has 0 radical (unpaired) electrons. The van der Waals surface area contributed by atoms with Gasteiger partial charge in [0, 0.05) is 18.5 Å². The number of benzene rings is 1. The van der Waals surface area contributed by atoms with Gasteiger partial charge < -0.3 is 10.4 Å². The SMILES string of the molecule is CCCC(C)CC(=O)Nc1cccc(CCC(=O)O)c1. The number of aliphatic carboxylic acids is 1. The summed E-state index contributed by atoms with van der Waals surface area (Å²) in [6.45, 7) is 4.19. The first-order chi connectivity index (χ1) is 9.51.